The molecule has 1 atom stereocenters. The normalized spacial score (nSPS) is 20.4. The Labute approximate surface area is 125 Å². The van der Waals surface area contributed by atoms with Crippen molar-refractivity contribution in [3.05, 3.63) is 16.8 Å². The van der Waals surface area contributed by atoms with E-state index < -0.39 is 5.97 Å². The minimum atomic E-state index is -0.923. The summed E-state index contributed by atoms with van der Waals surface area (Å²) in [6.07, 6.45) is 1.96. The molecular weight excluding hydrogens is 268 g/mol. The molecule has 21 heavy (non-hydrogen) atoms. The molecule has 1 aliphatic heterocycles. The molecule has 0 aromatic carbocycles. The number of aromatic carboxylic acids is 1. The molecule has 1 aromatic heterocycles. The molecule has 0 saturated carbocycles. The predicted molar refractivity (Wildman–Crippen MR) is 82.0 cm³/mol. The number of likely N-dealkylation sites (N-methyl/N-ethyl adjacent to an activating group) is 1. The fourth-order valence-corrected chi connectivity index (χ4v) is 2.92. The average molecular weight is 292 g/mol. The van der Waals surface area contributed by atoms with Crippen molar-refractivity contribution in [2.45, 2.75) is 39.7 Å². The number of nitrogens with zero attached hydrogens (tertiary/aromatic N) is 4. The average Bonchev–Trinajstić information content (AvgIpc) is 2.62. The summed E-state index contributed by atoms with van der Waals surface area (Å²) in [5.41, 5.74) is 1.68. The van der Waals surface area contributed by atoms with Crippen LogP contribution in [-0.4, -0.2) is 58.9 Å². The van der Waals surface area contributed by atoms with Crippen LogP contribution < -0.4 is 4.90 Å². The van der Waals surface area contributed by atoms with Gasteiger partial charge in [0.1, 0.15) is 5.56 Å². The van der Waals surface area contributed by atoms with E-state index in [0.717, 1.165) is 32.5 Å². The maximum atomic E-state index is 11.7. The third-order valence-corrected chi connectivity index (χ3v) is 4.30. The molecule has 6 heteroatoms. The second-order valence-electron chi connectivity index (χ2n) is 5.79. The highest BCUT2D eigenvalue weighted by Crippen LogP contribution is 2.26. The Morgan fingerprint density at radius 3 is 2.67 bits per heavy atom. The highest BCUT2D eigenvalue weighted by atomic mass is 16.4. The smallest absolute Gasteiger partial charge is 0.339 e. The number of aryl methyl sites for hydroxylation is 1. The zero-order valence-corrected chi connectivity index (χ0v) is 13.3. The third-order valence-electron chi connectivity index (χ3n) is 4.30. The van der Waals surface area contributed by atoms with Crippen molar-refractivity contribution in [2.75, 3.05) is 31.6 Å². The van der Waals surface area contributed by atoms with Crippen LogP contribution in [0.5, 0.6) is 0 Å². The van der Waals surface area contributed by atoms with Crippen LogP contribution in [0.25, 0.3) is 0 Å². The molecule has 1 aliphatic rings. The highest BCUT2D eigenvalue weighted by molar-refractivity contribution is 5.95. The number of aromatic nitrogens is 2. The van der Waals surface area contributed by atoms with E-state index in [4.69, 9.17) is 0 Å². The zero-order valence-electron chi connectivity index (χ0n) is 13.3. The lowest BCUT2D eigenvalue weighted by atomic mass is 10.1. The molecule has 2 heterocycles. The van der Waals surface area contributed by atoms with Gasteiger partial charge in [0.25, 0.3) is 0 Å². The summed E-state index contributed by atoms with van der Waals surface area (Å²) in [6.45, 7) is 8.50. The van der Waals surface area contributed by atoms with Crippen molar-refractivity contribution < 1.29 is 9.90 Å². The van der Waals surface area contributed by atoms with E-state index in [1.807, 2.05) is 6.92 Å². The van der Waals surface area contributed by atoms with Crippen LogP contribution in [0.1, 0.15) is 41.4 Å². The number of carbonyl (C=O) groups is 1. The monoisotopic (exact) mass is 292 g/mol. The Balaban J connectivity index is 2.48. The Kier molecular flexibility index (Phi) is 4.77. The number of hydrogen-bond acceptors (Lipinski definition) is 5. The first-order valence-electron chi connectivity index (χ1n) is 7.48. The van der Waals surface area contributed by atoms with Gasteiger partial charge in [-0.25, -0.2) is 4.79 Å². The van der Waals surface area contributed by atoms with Crippen LogP contribution in [0.15, 0.2) is 0 Å². The van der Waals surface area contributed by atoms with Crippen LogP contribution in [0, 0.1) is 13.8 Å². The van der Waals surface area contributed by atoms with E-state index in [9.17, 15) is 9.90 Å². The Bertz CT molecular complexity index is 533. The van der Waals surface area contributed by atoms with Crippen molar-refractivity contribution in [1.29, 1.82) is 0 Å². The second kappa shape index (κ2) is 6.39. The Hall–Kier alpha value is -1.69. The first kappa shape index (κ1) is 15.7. The van der Waals surface area contributed by atoms with Gasteiger partial charge in [-0.05, 0) is 45.8 Å². The number of carboxylic acids is 1. The molecule has 0 bridgehead atoms. The standard InChI is InChI=1S/C15H24N4O2/c1-5-12-9-18(4)7-6-8-19(12)14-13(15(20)21)10(2)11(3)16-17-14/h12H,5-9H2,1-4H3,(H,20,21). The van der Waals surface area contributed by atoms with E-state index in [-0.39, 0.29) is 6.04 Å². The van der Waals surface area contributed by atoms with Gasteiger partial charge in [-0.3, -0.25) is 0 Å². The number of rotatable bonds is 3. The molecule has 1 N–H and O–H groups in total. The minimum absolute atomic E-state index is 0.270. The molecule has 0 radical (unpaired) electrons. The number of carboxylic acid groups (broad SMARTS) is 1. The van der Waals surface area contributed by atoms with Gasteiger partial charge >= 0.3 is 5.97 Å². The minimum Gasteiger partial charge on any atom is -0.478 e. The maximum absolute atomic E-state index is 11.7. The van der Waals surface area contributed by atoms with Crippen LogP contribution in [0.3, 0.4) is 0 Å². The predicted octanol–water partition coefficient (Wildman–Crippen LogP) is 1.71. The van der Waals surface area contributed by atoms with Crippen molar-refractivity contribution in [1.82, 2.24) is 15.1 Å². The lowest BCUT2D eigenvalue weighted by molar-refractivity contribution is 0.0696. The molecule has 0 amide bonds. The molecule has 1 unspecified atom stereocenters. The topological polar surface area (TPSA) is 69.6 Å². The Morgan fingerprint density at radius 2 is 2.05 bits per heavy atom. The zero-order chi connectivity index (χ0) is 15.6. The molecule has 1 aromatic rings. The molecule has 1 fully saturated rings. The summed E-state index contributed by atoms with van der Waals surface area (Å²) in [6, 6.07) is 0.270. The van der Waals surface area contributed by atoms with Crippen molar-refractivity contribution >= 4 is 11.8 Å². The number of anilines is 1. The van der Waals surface area contributed by atoms with Gasteiger partial charge in [-0.2, -0.15) is 5.10 Å². The van der Waals surface area contributed by atoms with Gasteiger partial charge in [0.2, 0.25) is 0 Å². The van der Waals surface area contributed by atoms with E-state index in [1.54, 1.807) is 6.92 Å². The summed E-state index contributed by atoms with van der Waals surface area (Å²) in [5.74, 6) is -0.402. The van der Waals surface area contributed by atoms with Crippen LogP contribution in [0.2, 0.25) is 0 Å². The van der Waals surface area contributed by atoms with E-state index >= 15 is 0 Å². The SMILES string of the molecule is CCC1CN(C)CCCN1c1nnc(C)c(C)c1C(=O)O. The van der Waals surface area contributed by atoms with Crippen LogP contribution >= 0.6 is 0 Å². The lowest BCUT2D eigenvalue weighted by Crippen LogP contribution is -2.41. The second-order valence-corrected chi connectivity index (χ2v) is 5.79. The van der Waals surface area contributed by atoms with Crippen molar-refractivity contribution in [2.24, 2.45) is 0 Å². The largest absolute Gasteiger partial charge is 0.478 e. The lowest BCUT2D eigenvalue weighted by Gasteiger charge is -2.32. The van der Waals surface area contributed by atoms with Crippen molar-refractivity contribution in [3.63, 3.8) is 0 Å². The summed E-state index contributed by atoms with van der Waals surface area (Å²) in [5, 5.41) is 18.0. The molecule has 0 spiro atoms. The first-order valence-corrected chi connectivity index (χ1v) is 7.48. The summed E-state index contributed by atoms with van der Waals surface area (Å²) in [4.78, 5) is 16.1. The quantitative estimate of drug-likeness (QED) is 0.914. The molecule has 1 saturated heterocycles. The fourth-order valence-electron chi connectivity index (χ4n) is 2.92. The van der Waals surface area contributed by atoms with Gasteiger partial charge in [0.15, 0.2) is 5.82 Å². The highest BCUT2D eigenvalue weighted by Gasteiger charge is 2.28. The van der Waals surface area contributed by atoms with Gasteiger partial charge in [-0.15, -0.1) is 5.10 Å². The van der Waals surface area contributed by atoms with Gasteiger partial charge < -0.3 is 14.9 Å². The maximum Gasteiger partial charge on any atom is 0.339 e. The first-order chi connectivity index (χ1) is 9.95. The molecular formula is C15H24N4O2. The summed E-state index contributed by atoms with van der Waals surface area (Å²) < 4.78 is 0. The summed E-state index contributed by atoms with van der Waals surface area (Å²) >= 11 is 0. The van der Waals surface area contributed by atoms with E-state index in [1.165, 1.54) is 0 Å². The van der Waals surface area contributed by atoms with Gasteiger partial charge in [0.05, 0.1) is 5.69 Å². The van der Waals surface area contributed by atoms with Crippen LogP contribution in [0.4, 0.5) is 5.82 Å². The molecule has 2 rings (SSSR count). The van der Waals surface area contributed by atoms with E-state index in [2.05, 4.69) is 34.0 Å². The Morgan fingerprint density at radius 1 is 1.33 bits per heavy atom. The third kappa shape index (κ3) is 3.15. The van der Waals surface area contributed by atoms with Gasteiger partial charge in [0, 0.05) is 19.1 Å². The number of hydrogen-bond donors (Lipinski definition) is 1. The van der Waals surface area contributed by atoms with Crippen LogP contribution in [-0.2, 0) is 0 Å². The van der Waals surface area contributed by atoms with Gasteiger partial charge in [-0.1, -0.05) is 6.92 Å². The summed E-state index contributed by atoms with van der Waals surface area (Å²) in [7, 11) is 2.11. The van der Waals surface area contributed by atoms with Crippen molar-refractivity contribution in [3.8, 4) is 0 Å². The molecule has 6 nitrogen and oxygen atoms in total. The molecule has 116 valence electrons. The fraction of sp³-hybridized carbons (Fsp3) is 0.667. The molecule has 0 aliphatic carbocycles. The van der Waals surface area contributed by atoms with E-state index in [0.29, 0.717) is 22.6 Å².